The van der Waals surface area contributed by atoms with E-state index in [-0.39, 0.29) is 17.0 Å². The molecule has 0 spiro atoms. The predicted molar refractivity (Wildman–Crippen MR) is 83.1 cm³/mol. The van der Waals surface area contributed by atoms with Gasteiger partial charge < -0.3 is 5.32 Å². The quantitative estimate of drug-likeness (QED) is 0.880. The van der Waals surface area contributed by atoms with Gasteiger partial charge >= 0.3 is 6.18 Å². The van der Waals surface area contributed by atoms with Crippen molar-refractivity contribution in [3.8, 4) is 0 Å². The van der Waals surface area contributed by atoms with Gasteiger partial charge in [0, 0.05) is 37.2 Å². The first-order valence-electron chi connectivity index (χ1n) is 7.66. The monoisotopic (exact) mass is 334 g/mol. The van der Waals surface area contributed by atoms with Crippen molar-refractivity contribution >= 4 is 11.6 Å². The Balaban J connectivity index is 2.47. The third-order valence-corrected chi connectivity index (χ3v) is 4.60. The molecule has 0 aliphatic carbocycles. The van der Waals surface area contributed by atoms with Crippen LogP contribution in [0, 0.1) is 5.92 Å². The van der Waals surface area contributed by atoms with E-state index in [9.17, 15) is 13.2 Å². The molecule has 22 heavy (non-hydrogen) atoms. The average Bonchev–Trinajstić information content (AvgIpc) is 2.48. The Hall–Kier alpha value is -0.780. The summed E-state index contributed by atoms with van der Waals surface area (Å²) in [6, 6.07) is 3.92. The first-order valence-corrected chi connectivity index (χ1v) is 8.03. The van der Waals surface area contributed by atoms with Crippen LogP contribution in [0.25, 0.3) is 0 Å². The van der Waals surface area contributed by atoms with E-state index in [0.717, 1.165) is 38.7 Å². The van der Waals surface area contributed by atoms with Gasteiger partial charge in [0.15, 0.2) is 0 Å². The van der Waals surface area contributed by atoms with E-state index >= 15 is 0 Å². The minimum atomic E-state index is -4.39. The van der Waals surface area contributed by atoms with Crippen molar-refractivity contribution < 1.29 is 13.2 Å². The molecule has 2 rings (SSSR count). The SMILES string of the molecule is CCC(C)[C@@H](c1ccc(Cl)cc1C(F)(F)F)N1CCNCC1. The van der Waals surface area contributed by atoms with Crippen molar-refractivity contribution in [2.75, 3.05) is 26.2 Å². The molecule has 1 aliphatic heterocycles. The van der Waals surface area contributed by atoms with Gasteiger partial charge in [-0.15, -0.1) is 0 Å². The molecule has 0 aromatic heterocycles. The molecule has 2 nitrogen and oxygen atoms in total. The fraction of sp³-hybridized carbons (Fsp3) is 0.625. The van der Waals surface area contributed by atoms with Crippen LogP contribution in [0.4, 0.5) is 13.2 Å². The van der Waals surface area contributed by atoms with Crippen LogP contribution in [0.5, 0.6) is 0 Å². The normalized spacial score (nSPS) is 19.9. The molecule has 1 heterocycles. The maximum atomic E-state index is 13.4. The van der Waals surface area contributed by atoms with Gasteiger partial charge in [-0.05, 0) is 23.6 Å². The summed E-state index contributed by atoms with van der Waals surface area (Å²) in [6.07, 6.45) is -3.56. The van der Waals surface area contributed by atoms with Crippen LogP contribution >= 0.6 is 11.6 Å². The summed E-state index contributed by atoms with van der Waals surface area (Å²) in [5, 5.41) is 3.37. The topological polar surface area (TPSA) is 15.3 Å². The highest BCUT2D eigenvalue weighted by atomic mass is 35.5. The molecular formula is C16H22ClF3N2. The molecule has 1 aromatic rings. The Labute approximate surface area is 134 Å². The van der Waals surface area contributed by atoms with Gasteiger partial charge in [0.2, 0.25) is 0 Å². The van der Waals surface area contributed by atoms with Crippen LogP contribution in [0.3, 0.4) is 0 Å². The summed E-state index contributed by atoms with van der Waals surface area (Å²) < 4.78 is 40.3. The van der Waals surface area contributed by atoms with E-state index in [0.29, 0.717) is 5.56 Å². The van der Waals surface area contributed by atoms with Crippen LogP contribution in [-0.2, 0) is 6.18 Å². The van der Waals surface area contributed by atoms with Crippen molar-refractivity contribution in [1.82, 2.24) is 10.2 Å². The van der Waals surface area contributed by atoms with E-state index in [1.54, 1.807) is 12.1 Å². The molecule has 0 bridgehead atoms. The second-order valence-corrected chi connectivity index (χ2v) is 6.28. The summed E-state index contributed by atoms with van der Waals surface area (Å²) in [5.41, 5.74) is -0.267. The van der Waals surface area contributed by atoms with E-state index in [2.05, 4.69) is 10.2 Å². The molecule has 1 aromatic carbocycles. The number of hydrogen-bond acceptors (Lipinski definition) is 2. The lowest BCUT2D eigenvalue weighted by molar-refractivity contribution is -0.139. The van der Waals surface area contributed by atoms with E-state index in [1.807, 2.05) is 13.8 Å². The third kappa shape index (κ3) is 3.94. The van der Waals surface area contributed by atoms with Gasteiger partial charge in [-0.2, -0.15) is 13.2 Å². The molecule has 1 N–H and O–H groups in total. The van der Waals surface area contributed by atoms with Crippen LogP contribution < -0.4 is 5.32 Å². The molecular weight excluding hydrogens is 313 g/mol. The fourth-order valence-electron chi connectivity index (χ4n) is 3.08. The zero-order valence-corrected chi connectivity index (χ0v) is 13.6. The Morgan fingerprint density at radius 2 is 1.91 bits per heavy atom. The average molecular weight is 335 g/mol. The van der Waals surface area contributed by atoms with Crippen LogP contribution in [0.1, 0.15) is 37.4 Å². The number of piperazine rings is 1. The Morgan fingerprint density at radius 1 is 1.27 bits per heavy atom. The highest BCUT2D eigenvalue weighted by Gasteiger charge is 2.38. The highest BCUT2D eigenvalue weighted by Crippen LogP contribution is 2.41. The molecule has 0 saturated carbocycles. The number of nitrogens with zero attached hydrogens (tertiary/aromatic N) is 1. The summed E-state index contributed by atoms with van der Waals surface area (Å²) >= 11 is 5.80. The maximum absolute atomic E-state index is 13.4. The van der Waals surface area contributed by atoms with Crippen molar-refractivity contribution in [1.29, 1.82) is 0 Å². The van der Waals surface area contributed by atoms with E-state index in [1.165, 1.54) is 0 Å². The van der Waals surface area contributed by atoms with Crippen molar-refractivity contribution in [2.24, 2.45) is 5.92 Å². The summed E-state index contributed by atoms with van der Waals surface area (Å²) in [5.74, 6) is 0.139. The van der Waals surface area contributed by atoms with Gasteiger partial charge in [-0.1, -0.05) is 37.9 Å². The first-order chi connectivity index (χ1) is 10.3. The first kappa shape index (κ1) is 17.6. The lowest BCUT2D eigenvalue weighted by atomic mass is 9.87. The van der Waals surface area contributed by atoms with Gasteiger partial charge in [-0.25, -0.2) is 0 Å². The smallest absolute Gasteiger partial charge is 0.314 e. The molecule has 1 unspecified atom stereocenters. The number of nitrogens with one attached hydrogen (secondary N) is 1. The fourth-order valence-corrected chi connectivity index (χ4v) is 3.25. The van der Waals surface area contributed by atoms with E-state index < -0.39 is 11.7 Å². The van der Waals surface area contributed by atoms with Crippen molar-refractivity contribution in [2.45, 2.75) is 32.5 Å². The number of benzene rings is 1. The second kappa shape index (κ2) is 7.20. The van der Waals surface area contributed by atoms with Crippen LogP contribution in [-0.4, -0.2) is 31.1 Å². The minimum Gasteiger partial charge on any atom is -0.314 e. The highest BCUT2D eigenvalue weighted by molar-refractivity contribution is 6.30. The second-order valence-electron chi connectivity index (χ2n) is 5.85. The Morgan fingerprint density at radius 3 is 2.45 bits per heavy atom. The standard InChI is InChI=1S/C16H22ClF3N2/c1-3-11(2)15(22-8-6-21-7-9-22)13-5-4-12(17)10-14(13)16(18,19)20/h4-5,10-11,15,21H,3,6-9H2,1-2H3/t11?,15-/m0/s1. The zero-order chi connectivity index (χ0) is 16.3. The number of alkyl halides is 3. The zero-order valence-electron chi connectivity index (χ0n) is 12.9. The number of rotatable bonds is 4. The van der Waals surface area contributed by atoms with Gasteiger partial charge in [-0.3, -0.25) is 4.90 Å². The van der Waals surface area contributed by atoms with Gasteiger partial charge in [0.1, 0.15) is 0 Å². The number of halogens is 4. The van der Waals surface area contributed by atoms with Crippen molar-refractivity contribution in [3.63, 3.8) is 0 Å². The maximum Gasteiger partial charge on any atom is 0.416 e. The van der Waals surface area contributed by atoms with Crippen LogP contribution in [0.15, 0.2) is 18.2 Å². The Kier molecular flexibility index (Phi) is 5.75. The van der Waals surface area contributed by atoms with Gasteiger partial charge in [0.25, 0.3) is 0 Å². The molecule has 124 valence electrons. The van der Waals surface area contributed by atoms with Crippen molar-refractivity contribution in [3.05, 3.63) is 34.3 Å². The molecule has 0 amide bonds. The lowest BCUT2D eigenvalue weighted by Crippen LogP contribution is -2.47. The minimum absolute atomic E-state index is 0.124. The lowest BCUT2D eigenvalue weighted by Gasteiger charge is -2.39. The van der Waals surface area contributed by atoms with E-state index in [4.69, 9.17) is 11.6 Å². The molecule has 1 fully saturated rings. The summed E-state index contributed by atoms with van der Waals surface area (Å²) in [6.45, 7) is 7.16. The Bertz CT molecular complexity index is 499. The predicted octanol–water partition coefficient (Wildman–Crippen LogP) is 4.35. The van der Waals surface area contributed by atoms with Crippen LogP contribution in [0.2, 0.25) is 5.02 Å². The molecule has 0 radical (unpaired) electrons. The molecule has 6 heteroatoms. The summed E-state index contributed by atoms with van der Waals surface area (Å²) in [7, 11) is 0. The molecule has 1 aliphatic rings. The third-order valence-electron chi connectivity index (χ3n) is 4.37. The summed E-state index contributed by atoms with van der Waals surface area (Å²) in [4.78, 5) is 2.16. The molecule has 1 saturated heterocycles. The largest absolute Gasteiger partial charge is 0.416 e. The number of hydrogen-bond donors (Lipinski definition) is 1. The van der Waals surface area contributed by atoms with Gasteiger partial charge in [0.05, 0.1) is 5.56 Å². The molecule has 2 atom stereocenters.